The van der Waals surface area contributed by atoms with Gasteiger partial charge in [0.1, 0.15) is 17.0 Å². The molecule has 0 radical (unpaired) electrons. The van der Waals surface area contributed by atoms with Crippen LogP contribution >= 0.6 is 0 Å². The van der Waals surface area contributed by atoms with Crippen LogP contribution in [0.15, 0.2) is 83.8 Å². The van der Waals surface area contributed by atoms with E-state index in [0.29, 0.717) is 24.1 Å². The Bertz CT molecular complexity index is 1270. The zero-order chi connectivity index (χ0) is 21.8. The SMILES string of the molecule is CCN(Cc1ccccc1)C(=O)c1cc2cccnc2n(Cc2ccc(F)cc2)c1=O. The van der Waals surface area contributed by atoms with Crippen molar-refractivity contribution in [3.8, 4) is 0 Å². The second-order valence-electron chi connectivity index (χ2n) is 7.30. The number of hydrogen-bond donors (Lipinski definition) is 0. The number of rotatable bonds is 6. The molecular formula is C25H22FN3O2. The molecule has 1 amide bonds. The standard InChI is InChI=1S/C25H22FN3O2/c1-2-28(16-18-7-4-3-5-8-18)24(30)22-15-20-9-6-14-27-23(20)29(25(22)31)17-19-10-12-21(26)13-11-19/h3-15H,2,16-17H2,1H3. The number of halogens is 1. The molecule has 4 aromatic rings. The molecule has 5 nitrogen and oxygen atoms in total. The largest absolute Gasteiger partial charge is 0.334 e. The third kappa shape index (κ3) is 4.38. The van der Waals surface area contributed by atoms with Gasteiger partial charge >= 0.3 is 0 Å². The van der Waals surface area contributed by atoms with E-state index in [1.807, 2.05) is 43.3 Å². The lowest BCUT2D eigenvalue weighted by Crippen LogP contribution is -2.36. The minimum absolute atomic E-state index is 0.0976. The summed E-state index contributed by atoms with van der Waals surface area (Å²) in [6, 6.07) is 20.8. The number of fused-ring (bicyclic) bond motifs is 1. The third-order valence-corrected chi connectivity index (χ3v) is 5.22. The van der Waals surface area contributed by atoms with Crippen LogP contribution in [0.3, 0.4) is 0 Å². The first-order chi connectivity index (χ1) is 15.1. The Kier molecular flexibility index (Phi) is 5.89. The van der Waals surface area contributed by atoms with Gasteiger partial charge in [-0.25, -0.2) is 9.37 Å². The summed E-state index contributed by atoms with van der Waals surface area (Å²) in [5.41, 5.74) is 1.91. The van der Waals surface area contributed by atoms with Crippen LogP contribution in [0.2, 0.25) is 0 Å². The van der Waals surface area contributed by atoms with Crippen LogP contribution < -0.4 is 5.56 Å². The molecule has 0 fully saturated rings. The summed E-state index contributed by atoms with van der Waals surface area (Å²) >= 11 is 0. The highest BCUT2D eigenvalue weighted by Gasteiger charge is 2.21. The van der Waals surface area contributed by atoms with Gasteiger partial charge in [0.2, 0.25) is 0 Å². The van der Waals surface area contributed by atoms with Gasteiger partial charge in [-0.15, -0.1) is 0 Å². The lowest BCUT2D eigenvalue weighted by molar-refractivity contribution is 0.0750. The van der Waals surface area contributed by atoms with Crippen molar-refractivity contribution in [1.29, 1.82) is 0 Å². The Morgan fingerprint density at radius 3 is 2.45 bits per heavy atom. The van der Waals surface area contributed by atoms with Crippen LogP contribution in [0.4, 0.5) is 4.39 Å². The summed E-state index contributed by atoms with van der Waals surface area (Å²) in [6.45, 7) is 2.97. The second-order valence-corrected chi connectivity index (χ2v) is 7.30. The Hall–Kier alpha value is -3.80. The van der Waals surface area contributed by atoms with Crippen molar-refractivity contribution < 1.29 is 9.18 Å². The molecule has 2 aromatic carbocycles. The van der Waals surface area contributed by atoms with Crippen LogP contribution in [0.1, 0.15) is 28.4 Å². The van der Waals surface area contributed by atoms with Crippen LogP contribution in [0.5, 0.6) is 0 Å². The van der Waals surface area contributed by atoms with Gasteiger partial charge in [0.05, 0.1) is 6.54 Å². The van der Waals surface area contributed by atoms with Crippen LogP contribution in [0, 0.1) is 5.82 Å². The van der Waals surface area contributed by atoms with E-state index in [9.17, 15) is 14.0 Å². The smallest absolute Gasteiger partial charge is 0.265 e. The summed E-state index contributed by atoms with van der Waals surface area (Å²) in [5, 5.41) is 0.698. The van der Waals surface area contributed by atoms with Crippen LogP contribution in [-0.4, -0.2) is 26.9 Å². The first-order valence-corrected chi connectivity index (χ1v) is 10.1. The normalized spacial score (nSPS) is 10.9. The molecule has 156 valence electrons. The molecule has 2 aromatic heterocycles. The fraction of sp³-hybridized carbons (Fsp3) is 0.160. The second kappa shape index (κ2) is 8.92. The molecule has 2 heterocycles. The van der Waals surface area contributed by atoms with E-state index < -0.39 is 5.56 Å². The van der Waals surface area contributed by atoms with E-state index in [2.05, 4.69) is 4.98 Å². The molecular weight excluding hydrogens is 393 g/mol. The summed E-state index contributed by atoms with van der Waals surface area (Å²) < 4.78 is 14.8. The molecule has 0 aliphatic heterocycles. The number of carbonyl (C=O) groups excluding carboxylic acids is 1. The predicted molar refractivity (Wildman–Crippen MR) is 118 cm³/mol. The molecule has 0 spiro atoms. The van der Waals surface area contributed by atoms with Gasteiger partial charge in [-0.2, -0.15) is 0 Å². The van der Waals surface area contributed by atoms with Gasteiger partial charge < -0.3 is 4.90 Å². The number of hydrogen-bond acceptors (Lipinski definition) is 3. The average molecular weight is 415 g/mol. The monoisotopic (exact) mass is 415 g/mol. The van der Waals surface area contributed by atoms with Gasteiger partial charge in [-0.1, -0.05) is 42.5 Å². The fourth-order valence-electron chi connectivity index (χ4n) is 3.58. The molecule has 0 saturated carbocycles. The Labute approximate surface area is 179 Å². The molecule has 31 heavy (non-hydrogen) atoms. The fourth-order valence-corrected chi connectivity index (χ4v) is 3.58. The highest BCUT2D eigenvalue weighted by Crippen LogP contribution is 2.15. The van der Waals surface area contributed by atoms with Gasteiger partial charge in [-0.3, -0.25) is 14.2 Å². The van der Waals surface area contributed by atoms with Gasteiger partial charge in [-0.05, 0) is 48.4 Å². The van der Waals surface area contributed by atoms with Crippen LogP contribution in [0.25, 0.3) is 11.0 Å². The lowest BCUT2D eigenvalue weighted by Gasteiger charge is -2.21. The zero-order valence-corrected chi connectivity index (χ0v) is 17.2. The summed E-state index contributed by atoms with van der Waals surface area (Å²) in [6.07, 6.45) is 1.61. The maximum Gasteiger partial charge on any atom is 0.265 e. The summed E-state index contributed by atoms with van der Waals surface area (Å²) in [4.78, 5) is 32.7. The lowest BCUT2D eigenvalue weighted by atomic mass is 10.1. The quantitative estimate of drug-likeness (QED) is 0.473. The Morgan fingerprint density at radius 2 is 1.74 bits per heavy atom. The van der Waals surface area contributed by atoms with Gasteiger partial charge in [0, 0.05) is 24.7 Å². The summed E-state index contributed by atoms with van der Waals surface area (Å²) in [5.74, 6) is -0.669. The summed E-state index contributed by atoms with van der Waals surface area (Å²) in [7, 11) is 0. The minimum atomic E-state index is -0.410. The predicted octanol–water partition coefficient (Wildman–Crippen LogP) is 4.25. The van der Waals surface area contributed by atoms with E-state index in [0.717, 1.165) is 11.1 Å². The van der Waals surface area contributed by atoms with Crippen molar-refractivity contribution in [2.24, 2.45) is 0 Å². The number of benzene rings is 2. The van der Waals surface area contributed by atoms with Crippen molar-refractivity contribution in [2.75, 3.05) is 6.54 Å². The van der Waals surface area contributed by atoms with E-state index in [1.165, 1.54) is 16.7 Å². The Morgan fingerprint density at radius 1 is 1.00 bits per heavy atom. The van der Waals surface area contributed by atoms with Crippen molar-refractivity contribution in [1.82, 2.24) is 14.5 Å². The number of amides is 1. The number of nitrogens with zero attached hydrogens (tertiary/aromatic N) is 3. The first-order valence-electron chi connectivity index (χ1n) is 10.1. The molecule has 0 aliphatic carbocycles. The Balaban J connectivity index is 1.77. The first kappa shape index (κ1) is 20.5. The molecule has 0 N–H and O–H groups in total. The minimum Gasteiger partial charge on any atom is -0.334 e. The number of pyridine rings is 2. The van der Waals surface area contributed by atoms with Crippen molar-refractivity contribution in [3.05, 3.63) is 112 Å². The maximum absolute atomic E-state index is 13.4. The van der Waals surface area contributed by atoms with E-state index in [4.69, 9.17) is 0 Å². The molecule has 0 aliphatic rings. The third-order valence-electron chi connectivity index (χ3n) is 5.22. The van der Waals surface area contributed by atoms with E-state index in [1.54, 1.807) is 35.4 Å². The number of aromatic nitrogens is 2. The molecule has 6 heteroatoms. The molecule has 0 saturated heterocycles. The van der Waals surface area contributed by atoms with E-state index in [-0.39, 0.29) is 23.8 Å². The highest BCUT2D eigenvalue weighted by molar-refractivity contribution is 5.96. The van der Waals surface area contributed by atoms with Gasteiger partial charge in [0.25, 0.3) is 11.5 Å². The molecule has 4 rings (SSSR count). The molecule has 0 unspecified atom stereocenters. The topological polar surface area (TPSA) is 55.2 Å². The van der Waals surface area contributed by atoms with Crippen molar-refractivity contribution in [3.63, 3.8) is 0 Å². The highest BCUT2D eigenvalue weighted by atomic mass is 19.1. The van der Waals surface area contributed by atoms with Crippen molar-refractivity contribution in [2.45, 2.75) is 20.0 Å². The van der Waals surface area contributed by atoms with E-state index >= 15 is 0 Å². The van der Waals surface area contributed by atoms with Crippen molar-refractivity contribution >= 4 is 16.9 Å². The van der Waals surface area contributed by atoms with Gasteiger partial charge in [0.15, 0.2) is 0 Å². The average Bonchev–Trinajstić information content (AvgIpc) is 2.80. The van der Waals surface area contributed by atoms with Crippen LogP contribution in [-0.2, 0) is 13.1 Å². The zero-order valence-electron chi connectivity index (χ0n) is 17.2. The maximum atomic E-state index is 13.4. The molecule has 0 atom stereocenters. The number of carbonyl (C=O) groups is 1. The molecule has 0 bridgehead atoms.